The maximum atomic E-state index is 5.33. The highest BCUT2D eigenvalue weighted by Gasteiger charge is 2.06. The van der Waals surface area contributed by atoms with E-state index in [1.807, 2.05) is 0 Å². The summed E-state index contributed by atoms with van der Waals surface area (Å²) in [4.78, 5) is 0. The van der Waals surface area contributed by atoms with E-state index in [0.717, 1.165) is 13.0 Å². The lowest BCUT2D eigenvalue weighted by Crippen LogP contribution is -2.30. The van der Waals surface area contributed by atoms with E-state index in [9.17, 15) is 0 Å². The molecule has 0 aromatic rings. The molecular formula is C4H9NO2. The van der Waals surface area contributed by atoms with Crippen molar-refractivity contribution in [1.82, 2.24) is 0 Å². The van der Waals surface area contributed by atoms with E-state index in [0.29, 0.717) is 6.79 Å². The second-order valence-corrected chi connectivity index (χ2v) is 1.52. The molecule has 3 nitrogen and oxygen atoms in total. The Hall–Kier alpha value is -0.120. The minimum atomic E-state index is -0.0891. The largest absolute Gasteiger partial charge is 0.355 e. The van der Waals surface area contributed by atoms with Crippen LogP contribution in [0.25, 0.3) is 0 Å². The van der Waals surface area contributed by atoms with Crippen LogP contribution < -0.4 is 5.73 Å². The molecule has 0 spiro atoms. The summed E-state index contributed by atoms with van der Waals surface area (Å²) in [5.74, 6) is 0. The zero-order valence-corrected chi connectivity index (χ0v) is 4.09. The number of ether oxygens (including phenoxy) is 2. The van der Waals surface area contributed by atoms with Crippen LogP contribution in [0.1, 0.15) is 6.42 Å². The fourth-order valence-corrected chi connectivity index (χ4v) is 0.477. The zero-order chi connectivity index (χ0) is 5.11. The van der Waals surface area contributed by atoms with E-state index in [1.54, 1.807) is 0 Å². The predicted octanol–water partition coefficient (Wildman–Crippen LogP) is -0.334. The molecule has 3 heteroatoms. The van der Waals surface area contributed by atoms with Gasteiger partial charge in [0, 0.05) is 6.42 Å². The monoisotopic (exact) mass is 103 g/mol. The second-order valence-electron chi connectivity index (χ2n) is 1.52. The molecule has 0 bridgehead atoms. The molecule has 1 saturated heterocycles. The summed E-state index contributed by atoms with van der Waals surface area (Å²) in [7, 11) is 0. The molecule has 42 valence electrons. The molecule has 2 N–H and O–H groups in total. The molecule has 1 aliphatic heterocycles. The van der Waals surface area contributed by atoms with Crippen molar-refractivity contribution in [3.63, 3.8) is 0 Å². The first kappa shape index (κ1) is 5.03. The van der Waals surface area contributed by atoms with Gasteiger partial charge in [0.2, 0.25) is 0 Å². The SMILES string of the molecule is NC1CCOCO1. The van der Waals surface area contributed by atoms with Crippen LogP contribution in [0.3, 0.4) is 0 Å². The first-order valence-electron chi connectivity index (χ1n) is 2.34. The summed E-state index contributed by atoms with van der Waals surface area (Å²) in [6.07, 6.45) is 0.730. The van der Waals surface area contributed by atoms with Crippen LogP contribution in [-0.4, -0.2) is 19.6 Å². The zero-order valence-electron chi connectivity index (χ0n) is 4.09. The molecule has 1 atom stereocenters. The number of rotatable bonds is 0. The molecule has 0 aromatic heterocycles. The lowest BCUT2D eigenvalue weighted by Gasteiger charge is -2.17. The van der Waals surface area contributed by atoms with Crippen molar-refractivity contribution < 1.29 is 9.47 Å². The molecule has 1 rings (SSSR count). The van der Waals surface area contributed by atoms with E-state index in [2.05, 4.69) is 0 Å². The Morgan fingerprint density at radius 2 is 2.43 bits per heavy atom. The molecule has 7 heavy (non-hydrogen) atoms. The van der Waals surface area contributed by atoms with E-state index >= 15 is 0 Å². The highest BCUT2D eigenvalue weighted by Crippen LogP contribution is 1.97. The van der Waals surface area contributed by atoms with Gasteiger partial charge in [-0.2, -0.15) is 0 Å². The van der Waals surface area contributed by atoms with Crippen molar-refractivity contribution in [3.8, 4) is 0 Å². The Balaban J connectivity index is 2.12. The number of hydrogen-bond donors (Lipinski definition) is 1. The van der Waals surface area contributed by atoms with Gasteiger partial charge in [-0.05, 0) is 0 Å². The average molecular weight is 103 g/mol. The molecule has 0 aliphatic carbocycles. The first-order chi connectivity index (χ1) is 3.39. The predicted molar refractivity (Wildman–Crippen MR) is 24.5 cm³/mol. The maximum Gasteiger partial charge on any atom is 0.148 e. The lowest BCUT2D eigenvalue weighted by atomic mass is 10.4. The van der Waals surface area contributed by atoms with Crippen molar-refractivity contribution in [2.24, 2.45) is 5.73 Å². The van der Waals surface area contributed by atoms with Gasteiger partial charge in [-0.3, -0.25) is 0 Å². The lowest BCUT2D eigenvalue weighted by molar-refractivity contribution is -0.136. The van der Waals surface area contributed by atoms with Crippen LogP contribution in [0, 0.1) is 0 Å². The van der Waals surface area contributed by atoms with E-state index < -0.39 is 0 Å². The van der Waals surface area contributed by atoms with Gasteiger partial charge in [0.25, 0.3) is 0 Å². The van der Waals surface area contributed by atoms with E-state index in [4.69, 9.17) is 15.2 Å². The summed E-state index contributed by atoms with van der Waals surface area (Å²) in [6, 6.07) is 0. The van der Waals surface area contributed by atoms with Gasteiger partial charge in [0.05, 0.1) is 6.61 Å². The van der Waals surface area contributed by atoms with Gasteiger partial charge >= 0.3 is 0 Å². The smallest absolute Gasteiger partial charge is 0.148 e. The van der Waals surface area contributed by atoms with E-state index in [-0.39, 0.29) is 6.23 Å². The average Bonchev–Trinajstić information content (AvgIpc) is 1.69. The van der Waals surface area contributed by atoms with Crippen molar-refractivity contribution in [3.05, 3.63) is 0 Å². The highest BCUT2D eigenvalue weighted by molar-refractivity contribution is 4.48. The Bertz CT molecular complexity index is 51.7. The Labute approximate surface area is 42.4 Å². The third-order valence-corrected chi connectivity index (χ3v) is 0.912. The molecule has 1 unspecified atom stereocenters. The fourth-order valence-electron chi connectivity index (χ4n) is 0.477. The second kappa shape index (κ2) is 2.26. The van der Waals surface area contributed by atoms with Gasteiger partial charge in [0.1, 0.15) is 13.0 Å². The molecule has 0 radical (unpaired) electrons. The van der Waals surface area contributed by atoms with Crippen molar-refractivity contribution in [1.29, 1.82) is 0 Å². The van der Waals surface area contributed by atoms with Crippen molar-refractivity contribution in [2.45, 2.75) is 12.6 Å². The topological polar surface area (TPSA) is 44.5 Å². The van der Waals surface area contributed by atoms with Crippen LogP contribution >= 0.6 is 0 Å². The van der Waals surface area contributed by atoms with E-state index in [1.165, 1.54) is 0 Å². The van der Waals surface area contributed by atoms with Crippen LogP contribution in [0.2, 0.25) is 0 Å². The van der Waals surface area contributed by atoms with Gasteiger partial charge in [-0.25, -0.2) is 0 Å². The standard InChI is InChI=1S/C4H9NO2/c5-4-1-2-6-3-7-4/h4H,1-3,5H2. The van der Waals surface area contributed by atoms with Gasteiger partial charge in [-0.1, -0.05) is 0 Å². The normalized spacial score (nSPS) is 33.0. The minimum Gasteiger partial charge on any atom is -0.355 e. The number of hydrogen-bond acceptors (Lipinski definition) is 3. The summed E-state index contributed by atoms with van der Waals surface area (Å²) >= 11 is 0. The molecule has 1 heterocycles. The summed E-state index contributed by atoms with van der Waals surface area (Å²) in [5, 5.41) is 0. The van der Waals surface area contributed by atoms with Crippen LogP contribution in [0.4, 0.5) is 0 Å². The molecule has 0 amide bonds. The molecular weight excluding hydrogens is 94.0 g/mol. The molecule has 1 aliphatic rings. The van der Waals surface area contributed by atoms with Crippen LogP contribution in [-0.2, 0) is 9.47 Å². The van der Waals surface area contributed by atoms with Gasteiger partial charge < -0.3 is 15.2 Å². The van der Waals surface area contributed by atoms with Gasteiger partial charge in [0.15, 0.2) is 0 Å². The Morgan fingerprint density at radius 1 is 1.57 bits per heavy atom. The fraction of sp³-hybridized carbons (Fsp3) is 1.00. The quantitative estimate of drug-likeness (QED) is 0.456. The maximum absolute atomic E-state index is 5.33. The van der Waals surface area contributed by atoms with Crippen molar-refractivity contribution in [2.75, 3.05) is 13.4 Å². The summed E-state index contributed by atoms with van der Waals surface area (Å²) in [6.45, 7) is 1.10. The molecule has 0 saturated carbocycles. The van der Waals surface area contributed by atoms with Crippen molar-refractivity contribution >= 4 is 0 Å². The molecule has 1 fully saturated rings. The Kier molecular flexibility index (Phi) is 1.62. The van der Waals surface area contributed by atoms with Crippen LogP contribution in [0.5, 0.6) is 0 Å². The first-order valence-corrected chi connectivity index (χ1v) is 2.34. The Morgan fingerprint density at radius 3 is 2.71 bits per heavy atom. The number of nitrogens with two attached hydrogens (primary N) is 1. The summed E-state index contributed by atoms with van der Waals surface area (Å²) in [5.41, 5.74) is 5.33. The third kappa shape index (κ3) is 1.43. The summed E-state index contributed by atoms with van der Waals surface area (Å²) < 4.78 is 9.67. The highest BCUT2D eigenvalue weighted by atomic mass is 16.7. The third-order valence-electron chi connectivity index (χ3n) is 0.912. The minimum absolute atomic E-state index is 0.0891. The van der Waals surface area contributed by atoms with Crippen LogP contribution in [0.15, 0.2) is 0 Å². The molecule has 0 aromatic carbocycles. The van der Waals surface area contributed by atoms with Gasteiger partial charge in [-0.15, -0.1) is 0 Å².